The average Bonchev–Trinajstić information content (AvgIpc) is 2.87. The highest BCUT2D eigenvalue weighted by atomic mass is 19.1. The summed E-state index contributed by atoms with van der Waals surface area (Å²) in [5.74, 6) is -0.531. The molecule has 2 aromatic heterocycles. The number of hydrogen-bond donors (Lipinski definition) is 0. The SMILES string of the molecule is CCOC(=O)c1cn(Cc2ccc(OC)cc2)c2cc(F)c(-c3ccc(COC)nc3)cc2c1=O. The van der Waals surface area contributed by atoms with Crippen molar-refractivity contribution in [3.8, 4) is 16.9 Å². The van der Waals surface area contributed by atoms with E-state index in [1.807, 2.05) is 24.3 Å². The van der Waals surface area contributed by atoms with Crippen LogP contribution in [0.5, 0.6) is 5.75 Å². The third kappa shape index (κ3) is 5.07. The molecule has 4 aromatic rings. The number of esters is 1. The van der Waals surface area contributed by atoms with Gasteiger partial charge in [-0.1, -0.05) is 18.2 Å². The lowest BCUT2D eigenvalue weighted by Crippen LogP contribution is -2.21. The summed E-state index contributed by atoms with van der Waals surface area (Å²) in [6.07, 6.45) is 2.96. The van der Waals surface area contributed by atoms with E-state index in [4.69, 9.17) is 14.2 Å². The molecule has 0 aliphatic rings. The van der Waals surface area contributed by atoms with Gasteiger partial charge in [0.1, 0.15) is 17.1 Å². The summed E-state index contributed by atoms with van der Waals surface area (Å²) >= 11 is 0. The Morgan fingerprint density at radius 3 is 2.49 bits per heavy atom. The van der Waals surface area contributed by atoms with E-state index in [-0.39, 0.29) is 23.1 Å². The van der Waals surface area contributed by atoms with Gasteiger partial charge in [0, 0.05) is 42.6 Å². The van der Waals surface area contributed by atoms with Crippen LogP contribution in [0.1, 0.15) is 28.5 Å². The van der Waals surface area contributed by atoms with Crippen molar-refractivity contribution in [2.45, 2.75) is 20.1 Å². The van der Waals surface area contributed by atoms with Gasteiger partial charge in [-0.25, -0.2) is 9.18 Å². The predicted molar refractivity (Wildman–Crippen MR) is 130 cm³/mol. The molecule has 2 heterocycles. The minimum Gasteiger partial charge on any atom is -0.497 e. The molecule has 0 aliphatic carbocycles. The average molecular weight is 477 g/mol. The minimum atomic E-state index is -0.723. The smallest absolute Gasteiger partial charge is 0.343 e. The van der Waals surface area contributed by atoms with E-state index in [0.717, 1.165) is 5.56 Å². The van der Waals surface area contributed by atoms with Crippen molar-refractivity contribution in [2.75, 3.05) is 20.8 Å². The molecule has 0 unspecified atom stereocenters. The monoisotopic (exact) mass is 476 g/mol. The summed E-state index contributed by atoms with van der Waals surface area (Å²) in [6, 6.07) is 13.6. The molecule has 2 aromatic carbocycles. The minimum absolute atomic E-state index is 0.112. The molecule has 0 fully saturated rings. The van der Waals surface area contributed by atoms with Gasteiger partial charge in [-0.15, -0.1) is 0 Å². The second kappa shape index (κ2) is 10.5. The number of ether oxygens (including phenoxy) is 3. The summed E-state index contributed by atoms with van der Waals surface area (Å²) < 4.78 is 32.4. The topological polar surface area (TPSA) is 79.7 Å². The van der Waals surface area contributed by atoms with Crippen LogP contribution in [0.15, 0.2) is 65.7 Å². The molecule has 7 nitrogen and oxygen atoms in total. The van der Waals surface area contributed by atoms with Gasteiger partial charge in [0.2, 0.25) is 5.43 Å². The first-order chi connectivity index (χ1) is 16.9. The van der Waals surface area contributed by atoms with Crippen LogP contribution in [0.25, 0.3) is 22.0 Å². The van der Waals surface area contributed by atoms with E-state index in [0.29, 0.717) is 35.7 Å². The zero-order chi connectivity index (χ0) is 24.9. The van der Waals surface area contributed by atoms with Crippen LogP contribution in [-0.4, -0.2) is 36.3 Å². The van der Waals surface area contributed by atoms with Crippen LogP contribution in [-0.2, 0) is 22.6 Å². The molecule has 0 saturated heterocycles. The van der Waals surface area contributed by atoms with E-state index in [1.54, 1.807) is 37.8 Å². The molecule has 0 atom stereocenters. The van der Waals surface area contributed by atoms with Crippen LogP contribution in [0, 0.1) is 5.82 Å². The fraction of sp³-hybridized carbons (Fsp3) is 0.222. The van der Waals surface area contributed by atoms with Gasteiger partial charge in [-0.3, -0.25) is 9.78 Å². The molecule has 0 spiro atoms. The maximum atomic E-state index is 15.3. The van der Waals surface area contributed by atoms with Crippen molar-refractivity contribution in [1.82, 2.24) is 9.55 Å². The molecule has 35 heavy (non-hydrogen) atoms. The Morgan fingerprint density at radius 1 is 1.09 bits per heavy atom. The summed E-state index contributed by atoms with van der Waals surface area (Å²) in [7, 11) is 3.15. The summed E-state index contributed by atoms with van der Waals surface area (Å²) in [5, 5.41) is 0.210. The van der Waals surface area contributed by atoms with Crippen LogP contribution in [0.4, 0.5) is 4.39 Å². The summed E-state index contributed by atoms with van der Waals surface area (Å²) in [5.41, 5.74) is 2.03. The highest BCUT2D eigenvalue weighted by molar-refractivity contribution is 5.95. The van der Waals surface area contributed by atoms with Crippen molar-refractivity contribution in [1.29, 1.82) is 0 Å². The summed E-state index contributed by atoms with van der Waals surface area (Å²) in [6.45, 7) is 2.43. The highest BCUT2D eigenvalue weighted by Crippen LogP contribution is 2.27. The van der Waals surface area contributed by atoms with E-state index in [9.17, 15) is 9.59 Å². The fourth-order valence-electron chi connectivity index (χ4n) is 3.86. The Bertz CT molecular complexity index is 1410. The fourth-order valence-corrected chi connectivity index (χ4v) is 3.86. The number of hydrogen-bond acceptors (Lipinski definition) is 6. The Hall–Kier alpha value is -4.04. The number of nitrogens with zero attached hydrogens (tertiary/aromatic N) is 2. The molecular formula is C27H25FN2O5. The van der Waals surface area contributed by atoms with Gasteiger partial charge < -0.3 is 18.8 Å². The normalized spacial score (nSPS) is 11.0. The number of aromatic nitrogens is 2. The number of carbonyl (C=O) groups excluding carboxylic acids is 1. The van der Waals surface area contributed by atoms with E-state index >= 15 is 4.39 Å². The zero-order valence-electron chi connectivity index (χ0n) is 19.7. The van der Waals surface area contributed by atoms with Gasteiger partial charge in [0.15, 0.2) is 0 Å². The Labute approximate surface area is 201 Å². The first-order valence-corrected chi connectivity index (χ1v) is 11.1. The summed E-state index contributed by atoms with van der Waals surface area (Å²) in [4.78, 5) is 30.1. The lowest BCUT2D eigenvalue weighted by Gasteiger charge is -2.15. The molecule has 0 aliphatic heterocycles. The molecule has 0 amide bonds. The Morgan fingerprint density at radius 2 is 1.86 bits per heavy atom. The van der Waals surface area contributed by atoms with Crippen LogP contribution >= 0.6 is 0 Å². The number of carbonyl (C=O) groups is 1. The largest absolute Gasteiger partial charge is 0.497 e. The standard InChI is InChI=1S/C27H25FN2O5/c1-4-35-27(32)23-15-30(14-17-5-9-20(34-3)10-6-17)25-12-24(28)21(11-22(25)26(23)31)18-7-8-19(16-33-2)29-13-18/h5-13,15H,4,14,16H2,1-3H3. The molecular weight excluding hydrogens is 451 g/mol. The number of rotatable bonds is 8. The first kappa shape index (κ1) is 24.1. The first-order valence-electron chi connectivity index (χ1n) is 11.1. The Balaban J connectivity index is 1.87. The molecule has 8 heteroatoms. The number of pyridine rings is 2. The van der Waals surface area contributed by atoms with Crippen molar-refractivity contribution < 1.29 is 23.4 Å². The van der Waals surface area contributed by atoms with Gasteiger partial charge >= 0.3 is 5.97 Å². The van der Waals surface area contributed by atoms with Crippen molar-refractivity contribution in [3.05, 3.63) is 93.8 Å². The lowest BCUT2D eigenvalue weighted by atomic mass is 10.0. The number of fused-ring (bicyclic) bond motifs is 1. The molecule has 4 rings (SSSR count). The predicted octanol–water partition coefficient (Wildman–Crippen LogP) is 4.58. The second-order valence-electron chi connectivity index (χ2n) is 7.89. The Kier molecular flexibility index (Phi) is 7.22. The van der Waals surface area contributed by atoms with Gasteiger partial charge in [0.25, 0.3) is 0 Å². The molecule has 180 valence electrons. The van der Waals surface area contributed by atoms with Gasteiger partial charge in [0.05, 0.1) is 31.5 Å². The number of methoxy groups -OCH3 is 2. The van der Waals surface area contributed by atoms with E-state index < -0.39 is 17.2 Å². The third-order valence-electron chi connectivity index (χ3n) is 5.60. The van der Waals surface area contributed by atoms with Crippen LogP contribution in [0.2, 0.25) is 0 Å². The van der Waals surface area contributed by atoms with Crippen molar-refractivity contribution in [2.24, 2.45) is 0 Å². The second-order valence-corrected chi connectivity index (χ2v) is 7.89. The third-order valence-corrected chi connectivity index (χ3v) is 5.60. The van der Waals surface area contributed by atoms with Gasteiger partial charge in [-0.05, 0) is 42.8 Å². The molecule has 0 radical (unpaired) electrons. The molecule has 0 N–H and O–H groups in total. The maximum Gasteiger partial charge on any atom is 0.343 e. The van der Waals surface area contributed by atoms with E-state index in [1.165, 1.54) is 24.5 Å². The van der Waals surface area contributed by atoms with Crippen molar-refractivity contribution >= 4 is 16.9 Å². The maximum absolute atomic E-state index is 15.3. The quantitative estimate of drug-likeness (QED) is 0.346. The van der Waals surface area contributed by atoms with Crippen LogP contribution in [0.3, 0.4) is 0 Å². The molecule has 0 bridgehead atoms. The van der Waals surface area contributed by atoms with E-state index in [2.05, 4.69) is 4.98 Å². The van der Waals surface area contributed by atoms with Crippen molar-refractivity contribution in [3.63, 3.8) is 0 Å². The molecule has 0 saturated carbocycles. The zero-order valence-corrected chi connectivity index (χ0v) is 19.7. The highest BCUT2D eigenvalue weighted by Gasteiger charge is 2.19. The lowest BCUT2D eigenvalue weighted by molar-refractivity contribution is 0.0524. The number of benzene rings is 2. The van der Waals surface area contributed by atoms with Gasteiger partial charge in [-0.2, -0.15) is 0 Å². The van der Waals surface area contributed by atoms with Crippen LogP contribution < -0.4 is 10.2 Å². The number of halogens is 1.